The zero-order valence-electron chi connectivity index (χ0n) is 7.44. The van der Waals surface area contributed by atoms with E-state index in [-0.39, 0.29) is 10.2 Å². The highest BCUT2D eigenvalue weighted by molar-refractivity contribution is 7.85. The Kier molecular flexibility index (Phi) is 6.11. The largest absolute Gasteiger partial charge is 0.294 e. The van der Waals surface area contributed by atoms with E-state index in [4.69, 9.17) is 27.8 Å². The van der Waals surface area contributed by atoms with Crippen LogP contribution in [0.25, 0.3) is 0 Å². The van der Waals surface area contributed by atoms with Crippen molar-refractivity contribution in [1.29, 1.82) is 0 Å². The molecule has 0 spiro atoms. The second-order valence-electron chi connectivity index (χ2n) is 2.34. The number of halogens is 2. The van der Waals surface area contributed by atoms with Crippen molar-refractivity contribution in [1.82, 2.24) is 0 Å². The molecule has 0 unspecified atom stereocenters. The highest BCUT2D eigenvalue weighted by Gasteiger charge is 2.10. The van der Waals surface area contributed by atoms with Gasteiger partial charge in [0.2, 0.25) is 0 Å². The van der Waals surface area contributed by atoms with Gasteiger partial charge in [-0.25, -0.2) is 0 Å². The molecule has 0 aromatic heterocycles. The Hall–Kier alpha value is -0.290. The summed E-state index contributed by atoms with van der Waals surface area (Å²) in [5.41, 5.74) is 0.551. The van der Waals surface area contributed by atoms with E-state index in [1.54, 1.807) is 25.1 Å². The Balaban J connectivity index is 0.000000500. The lowest BCUT2D eigenvalue weighted by Crippen LogP contribution is -1.99. The van der Waals surface area contributed by atoms with Crippen LogP contribution in [0.2, 0.25) is 0 Å². The topological polar surface area (TPSA) is 54.4 Å². The predicted molar refractivity (Wildman–Crippen MR) is 57.6 cm³/mol. The van der Waals surface area contributed by atoms with Crippen molar-refractivity contribution < 1.29 is 13.0 Å². The molecule has 14 heavy (non-hydrogen) atoms. The Bertz CT molecular complexity index is 376. The van der Waals surface area contributed by atoms with Gasteiger partial charge in [0.1, 0.15) is 0 Å². The summed E-state index contributed by atoms with van der Waals surface area (Å²) in [5, 5.41) is 0.194. The maximum atomic E-state index is 10.6. The van der Waals surface area contributed by atoms with Crippen molar-refractivity contribution in [2.75, 3.05) is 5.34 Å². The fourth-order valence-corrected chi connectivity index (χ4v) is 1.57. The van der Waals surface area contributed by atoms with Gasteiger partial charge in [0.25, 0.3) is 10.1 Å². The van der Waals surface area contributed by atoms with Gasteiger partial charge >= 0.3 is 0 Å². The van der Waals surface area contributed by atoms with Gasteiger partial charge in [0.15, 0.2) is 0 Å². The highest BCUT2D eigenvalue weighted by atomic mass is 35.5. The number of benzene rings is 1. The Morgan fingerprint density at radius 2 is 1.71 bits per heavy atom. The third kappa shape index (κ3) is 4.81. The molecule has 1 rings (SSSR count). The van der Waals surface area contributed by atoms with Crippen LogP contribution in [0.15, 0.2) is 29.2 Å². The summed E-state index contributed by atoms with van der Waals surface area (Å²) in [4.78, 5) is -0.0278. The molecular weight excluding hydrogens is 247 g/mol. The van der Waals surface area contributed by atoms with Crippen molar-refractivity contribution in [2.24, 2.45) is 0 Å². The fraction of sp³-hybridized carbons (Fsp3) is 0.250. The molecule has 0 atom stereocenters. The lowest BCUT2D eigenvalue weighted by atomic mass is 10.2. The van der Waals surface area contributed by atoms with Crippen LogP contribution in [0.5, 0.6) is 0 Å². The molecule has 0 saturated carbocycles. The van der Waals surface area contributed by atoms with E-state index in [1.165, 1.54) is 6.07 Å². The molecule has 1 aromatic carbocycles. The van der Waals surface area contributed by atoms with Crippen LogP contribution in [-0.4, -0.2) is 18.3 Å². The average Bonchev–Trinajstić information content (AvgIpc) is 2.04. The molecule has 0 aliphatic carbocycles. The van der Waals surface area contributed by atoms with Crippen LogP contribution < -0.4 is 0 Å². The lowest BCUT2D eigenvalue weighted by Gasteiger charge is -1.99. The Morgan fingerprint density at radius 3 is 2.00 bits per heavy atom. The predicted octanol–water partition coefficient (Wildman–Crippen LogP) is 2.66. The average molecular weight is 257 g/mol. The molecule has 0 radical (unpaired) electrons. The fourth-order valence-electron chi connectivity index (χ4n) is 0.846. The number of hydrogen-bond acceptors (Lipinski definition) is 2. The molecule has 6 heteroatoms. The van der Waals surface area contributed by atoms with Crippen molar-refractivity contribution in [3.63, 3.8) is 0 Å². The van der Waals surface area contributed by atoms with Gasteiger partial charge in [0.05, 0.1) is 10.2 Å². The van der Waals surface area contributed by atoms with E-state index in [0.29, 0.717) is 5.56 Å². The maximum Gasteiger partial charge on any atom is 0.294 e. The van der Waals surface area contributed by atoms with Gasteiger partial charge in [0, 0.05) is 0 Å². The first-order chi connectivity index (χ1) is 6.43. The van der Waals surface area contributed by atoms with E-state index >= 15 is 0 Å². The molecule has 0 bridgehead atoms. The highest BCUT2D eigenvalue weighted by Crippen LogP contribution is 2.12. The molecule has 1 N–H and O–H groups in total. The van der Waals surface area contributed by atoms with E-state index in [1.807, 2.05) is 0 Å². The molecule has 0 saturated heterocycles. The number of aryl methyl sites for hydroxylation is 1. The summed E-state index contributed by atoms with van der Waals surface area (Å²) < 4.78 is 29.9. The van der Waals surface area contributed by atoms with Crippen molar-refractivity contribution in [3.8, 4) is 0 Å². The first-order valence-electron chi connectivity index (χ1n) is 3.58. The lowest BCUT2D eigenvalue weighted by molar-refractivity contribution is 0.482. The van der Waals surface area contributed by atoms with Crippen LogP contribution in [-0.2, 0) is 10.1 Å². The van der Waals surface area contributed by atoms with E-state index in [0.717, 1.165) is 0 Å². The molecule has 3 nitrogen and oxygen atoms in total. The standard InChI is InChI=1S/C7H8O3S.CH2Cl2/c1-6-4-2-3-5-7(6)11(8,9)10;2-1-3/h2-5H,1H3,(H,8,9,10);1H2. The Morgan fingerprint density at radius 1 is 1.29 bits per heavy atom. The summed E-state index contributed by atoms with van der Waals surface area (Å²) in [6, 6.07) is 6.27. The zero-order chi connectivity index (χ0) is 11.2. The van der Waals surface area contributed by atoms with Gasteiger partial charge in [-0.2, -0.15) is 8.42 Å². The molecular formula is C8H10Cl2O3S. The third-order valence-electron chi connectivity index (χ3n) is 1.37. The smallest absolute Gasteiger partial charge is 0.282 e. The monoisotopic (exact) mass is 256 g/mol. The van der Waals surface area contributed by atoms with Gasteiger partial charge in [-0.3, -0.25) is 4.55 Å². The molecule has 1 aromatic rings. The molecule has 0 amide bonds. The number of alkyl halides is 2. The van der Waals surface area contributed by atoms with Gasteiger partial charge in [-0.1, -0.05) is 18.2 Å². The number of hydrogen-bond donors (Lipinski definition) is 1. The summed E-state index contributed by atoms with van der Waals surface area (Å²) in [6.45, 7) is 1.63. The van der Waals surface area contributed by atoms with Gasteiger partial charge < -0.3 is 0 Å². The van der Waals surface area contributed by atoms with E-state index < -0.39 is 10.1 Å². The first kappa shape index (κ1) is 13.7. The quantitative estimate of drug-likeness (QED) is 0.621. The minimum absolute atomic E-state index is 0.0278. The van der Waals surface area contributed by atoms with Crippen LogP contribution in [0.4, 0.5) is 0 Å². The maximum absolute atomic E-state index is 10.6. The summed E-state index contributed by atoms with van der Waals surface area (Å²) in [5.74, 6) is 0. The van der Waals surface area contributed by atoms with Crippen LogP contribution in [0.3, 0.4) is 0 Å². The minimum atomic E-state index is -4.03. The number of rotatable bonds is 1. The second-order valence-corrected chi connectivity index (χ2v) is 4.54. The molecule has 0 aliphatic rings. The van der Waals surface area contributed by atoms with E-state index in [2.05, 4.69) is 0 Å². The van der Waals surface area contributed by atoms with E-state index in [9.17, 15) is 8.42 Å². The van der Waals surface area contributed by atoms with Gasteiger partial charge in [-0.05, 0) is 18.6 Å². The van der Waals surface area contributed by atoms with Crippen LogP contribution in [0, 0.1) is 6.92 Å². The summed E-state index contributed by atoms with van der Waals surface area (Å²) in [7, 11) is -4.03. The first-order valence-corrected chi connectivity index (χ1v) is 6.09. The second kappa shape index (κ2) is 6.24. The third-order valence-corrected chi connectivity index (χ3v) is 2.39. The SMILES string of the molecule is Cc1ccccc1S(=O)(=O)O.ClCCl. The van der Waals surface area contributed by atoms with Gasteiger partial charge in [-0.15, -0.1) is 23.2 Å². The Labute approximate surface area is 93.4 Å². The van der Waals surface area contributed by atoms with Crippen LogP contribution >= 0.6 is 23.2 Å². The zero-order valence-corrected chi connectivity index (χ0v) is 9.77. The molecule has 0 aliphatic heterocycles. The normalized spacial score (nSPS) is 10.3. The summed E-state index contributed by atoms with van der Waals surface area (Å²) >= 11 is 9.53. The van der Waals surface area contributed by atoms with Crippen molar-refractivity contribution in [2.45, 2.75) is 11.8 Å². The molecule has 0 heterocycles. The molecule has 0 fully saturated rings. The van der Waals surface area contributed by atoms with Crippen molar-refractivity contribution in [3.05, 3.63) is 29.8 Å². The molecule has 80 valence electrons. The van der Waals surface area contributed by atoms with Crippen molar-refractivity contribution >= 4 is 33.3 Å². The minimum Gasteiger partial charge on any atom is -0.282 e. The summed E-state index contributed by atoms with van der Waals surface area (Å²) in [6.07, 6.45) is 0. The van der Waals surface area contributed by atoms with Crippen LogP contribution in [0.1, 0.15) is 5.56 Å².